The van der Waals surface area contributed by atoms with Crippen molar-refractivity contribution in [2.75, 3.05) is 24.8 Å². The molecule has 2 rings (SSSR count). The Morgan fingerprint density at radius 3 is 2.94 bits per heavy atom. The lowest BCUT2D eigenvalue weighted by Gasteiger charge is -2.20. The maximum atomic E-state index is 9.28. The van der Waals surface area contributed by atoms with Gasteiger partial charge in [0.15, 0.2) is 0 Å². The molecule has 1 aromatic carbocycles. The standard InChI is InChI=1S/C13H20N2O2/c1-17-12-6-10(14)5-11(7-12)15-13-4-2-3-9(13)8-16/h5-7,9,13,15-16H,2-4,8,14H2,1H3. The van der Waals surface area contributed by atoms with Gasteiger partial charge < -0.3 is 20.9 Å². The highest BCUT2D eigenvalue weighted by molar-refractivity contribution is 5.59. The molecule has 4 nitrogen and oxygen atoms in total. The van der Waals surface area contributed by atoms with Gasteiger partial charge in [0, 0.05) is 42.1 Å². The first kappa shape index (κ1) is 12.0. The second-order valence-electron chi connectivity index (χ2n) is 4.62. The van der Waals surface area contributed by atoms with Gasteiger partial charge in [0.05, 0.1) is 7.11 Å². The van der Waals surface area contributed by atoms with Crippen molar-refractivity contribution in [1.29, 1.82) is 0 Å². The molecule has 4 N–H and O–H groups in total. The summed E-state index contributed by atoms with van der Waals surface area (Å²) in [6.45, 7) is 0.247. The van der Waals surface area contributed by atoms with Crippen LogP contribution in [0.5, 0.6) is 5.75 Å². The lowest BCUT2D eigenvalue weighted by Crippen LogP contribution is -2.26. The lowest BCUT2D eigenvalue weighted by atomic mass is 10.0. The van der Waals surface area contributed by atoms with Crippen molar-refractivity contribution in [1.82, 2.24) is 0 Å². The Balaban J connectivity index is 2.09. The van der Waals surface area contributed by atoms with Crippen LogP contribution in [0, 0.1) is 5.92 Å². The van der Waals surface area contributed by atoms with E-state index >= 15 is 0 Å². The van der Waals surface area contributed by atoms with Gasteiger partial charge in [-0.1, -0.05) is 6.42 Å². The predicted octanol–water partition coefficient (Wildman–Crippen LogP) is 1.85. The fourth-order valence-corrected chi connectivity index (χ4v) is 2.48. The van der Waals surface area contributed by atoms with E-state index in [9.17, 15) is 5.11 Å². The van der Waals surface area contributed by atoms with Crippen LogP contribution >= 0.6 is 0 Å². The van der Waals surface area contributed by atoms with Gasteiger partial charge in [-0.3, -0.25) is 0 Å². The van der Waals surface area contributed by atoms with Gasteiger partial charge in [0.25, 0.3) is 0 Å². The van der Waals surface area contributed by atoms with Gasteiger partial charge in [0.1, 0.15) is 5.75 Å². The molecule has 0 aliphatic heterocycles. The fourth-order valence-electron chi connectivity index (χ4n) is 2.48. The molecule has 0 aromatic heterocycles. The number of ether oxygens (including phenoxy) is 1. The second-order valence-corrected chi connectivity index (χ2v) is 4.62. The summed E-state index contributed by atoms with van der Waals surface area (Å²) < 4.78 is 5.18. The third-order valence-electron chi connectivity index (χ3n) is 3.41. The Morgan fingerprint density at radius 2 is 2.24 bits per heavy atom. The molecule has 17 heavy (non-hydrogen) atoms. The van der Waals surface area contributed by atoms with Crippen molar-refractivity contribution in [2.45, 2.75) is 25.3 Å². The largest absolute Gasteiger partial charge is 0.497 e. The molecule has 1 fully saturated rings. The van der Waals surface area contributed by atoms with E-state index in [1.54, 1.807) is 13.2 Å². The summed E-state index contributed by atoms with van der Waals surface area (Å²) in [7, 11) is 1.63. The third-order valence-corrected chi connectivity index (χ3v) is 3.41. The van der Waals surface area contributed by atoms with Crippen LogP contribution in [0.25, 0.3) is 0 Å². The van der Waals surface area contributed by atoms with Gasteiger partial charge >= 0.3 is 0 Å². The Hall–Kier alpha value is -1.42. The van der Waals surface area contributed by atoms with E-state index in [0.29, 0.717) is 17.6 Å². The predicted molar refractivity (Wildman–Crippen MR) is 69.2 cm³/mol. The lowest BCUT2D eigenvalue weighted by molar-refractivity contribution is 0.222. The van der Waals surface area contributed by atoms with E-state index in [1.807, 2.05) is 12.1 Å². The van der Waals surface area contributed by atoms with E-state index in [0.717, 1.165) is 24.3 Å². The van der Waals surface area contributed by atoms with E-state index in [1.165, 1.54) is 6.42 Å². The Morgan fingerprint density at radius 1 is 1.41 bits per heavy atom. The highest BCUT2D eigenvalue weighted by atomic mass is 16.5. The monoisotopic (exact) mass is 236 g/mol. The van der Waals surface area contributed by atoms with Crippen LogP contribution in [0.1, 0.15) is 19.3 Å². The van der Waals surface area contributed by atoms with Crippen molar-refractivity contribution in [2.24, 2.45) is 5.92 Å². The molecule has 0 spiro atoms. The quantitative estimate of drug-likeness (QED) is 0.698. The fraction of sp³-hybridized carbons (Fsp3) is 0.538. The number of nitrogen functional groups attached to an aromatic ring is 1. The SMILES string of the molecule is COc1cc(N)cc(NC2CCCC2CO)c1. The molecule has 0 heterocycles. The Bertz CT molecular complexity index is 382. The summed E-state index contributed by atoms with van der Waals surface area (Å²) in [5, 5.41) is 12.7. The van der Waals surface area contributed by atoms with Crippen molar-refractivity contribution in [3.8, 4) is 5.75 Å². The van der Waals surface area contributed by atoms with Crippen LogP contribution in [-0.2, 0) is 0 Å². The molecular weight excluding hydrogens is 216 g/mol. The van der Waals surface area contributed by atoms with Crippen LogP contribution in [0.15, 0.2) is 18.2 Å². The number of aliphatic hydroxyl groups is 1. The second kappa shape index (κ2) is 5.27. The van der Waals surface area contributed by atoms with E-state index in [2.05, 4.69) is 5.32 Å². The first-order chi connectivity index (χ1) is 8.22. The first-order valence-electron chi connectivity index (χ1n) is 6.05. The van der Waals surface area contributed by atoms with Crippen molar-refractivity contribution >= 4 is 11.4 Å². The summed E-state index contributed by atoms with van der Waals surface area (Å²) in [6.07, 6.45) is 3.36. The molecule has 2 unspecified atom stereocenters. The van der Waals surface area contributed by atoms with E-state index in [-0.39, 0.29) is 6.61 Å². The number of nitrogens with one attached hydrogen (secondary N) is 1. The molecule has 1 aliphatic rings. The summed E-state index contributed by atoms with van der Waals surface area (Å²) in [6, 6.07) is 5.97. The zero-order valence-electron chi connectivity index (χ0n) is 10.1. The topological polar surface area (TPSA) is 67.5 Å². The molecule has 1 aliphatic carbocycles. The van der Waals surface area contributed by atoms with Crippen LogP contribution in [-0.4, -0.2) is 24.9 Å². The van der Waals surface area contributed by atoms with Gasteiger partial charge in [0.2, 0.25) is 0 Å². The number of rotatable bonds is 4. The highest BCUT2D eigenvalue weighted by Gasteiger charge is 2.26. The number of nitrogens with two attached hydrogens (primary N) is 1. The number of benzene rings is 1. The minimum atomic E-state index is 0.247. The molecule has 0 amide bonds. The smallest absolute Gasteiger partial charge is 0.122 e. The van der Waals surface area contributed by atoms with Gasteiger partial charge in [-0.25, -0.2) is 0 Å². The number of aliphatic hydroxyl groups excluding tert-OH is 1. The Kier molecular flexibility index (Phi) is 3.74. The van der Waals surface area contributed by atoms with Gasteiger partial charge in [-0.05, 0) is 18.9 Å². The first-order valence-corrected chi connectivity index (χ1v) is 6.05. The zero-order chi connectivity index (χ0) is 12.3. The molecule has 0 saturated heterocycles. The molecule has 1 aromatic rings. The van der Waals surface area contributed by atoms with Crippen molar-refractivity contribution in [3.05, 3.63) is 18.2 Å². The maximum absolute atomic E-state index is 9.28. The molecule has 94 valence electrons. The molecule has 0 radical (unpaired) electrons. The molecular formula is C13H20N2O2. The normalized spacial score (nSPS) is 23.6. The van der Waals surface area contributed by atoms with Crippen LogP contribution in [0.4, 0.5) is 11.4 Å². The van der Waals surface area contributed by atoms with Crippen molar-refractivity contribution < 1.29 is 9.84 Å². The van der Waals surface area contributed by atoms with E-state index in [4.69, 9.17) is 10.5 Å². The number of hydrogen-bond acceptors (Lipinski definition) is 4. The minimum Gasteiger partial charge on any atom is -0.497 e. The van der Waals surface area contributed by atoms with Gasteiger partial charge in [-0.2, -0.15) is 0 Å². The summed E-state index contributed by atoms with van der Waals surface area (Å²) in [5.41, 5.74) is 7.46. The van der Waals surface area contributed by atoms with Gasteiger partial charge in [-0.15, -0.1) is 0 Å². The van der Waals surface area contributed by atoms with Crippen LogP contribution in [0.2, 0.25) is 0 Å². The van der Waals surface area contributed by atoms with Crippen molar-refractivity contribution in [3.63, 3.8) is 0 Å². The average Bonchev–Trinajstić information content (AvgIpc) is 2.75. The molecule has 1 saturated carbocycles. The number of methoxy groups -OCH3 is 1. The Labute approximate surface area is 102 Å². The molecule has 0 bridgehead atoms. The average molecular weight is 236 g/mol. The zero-order valence-corrected chi connectivity index (χ0v) is 10.1. The third kappa shape index (κ3) is 2.82. The summed E-state index contributed by atoms with van der Waals surface area (Å²) in [5.74, 6) is 1.11. The minimum absolute atomic E-state index is 0.247. The van der Waals surface area contributed by atoms with Crippen LogP contribution < -0.4 is 15.8 Å². The number of anilines is 2. The maximum Gasteiger partial charge on any atom is 0.122 e. The summed E-state index contributed by atoms with van der Waals surface area (Å²) in [4.78, 5) is 0. The van der Waals surface area contributed by atoms with Crippen LogP contribution in [0.3, 0.4) is 0 Å². The molecule has 2 atom stereocenters. The van der Waals surface area contributed by atoms with E-state index < -0.39 is 0 Å². The summed E-state index contributed by atoms with van der Waals surface area (Å²) >= 11 is 0. The molecule has 4 heteroatoms. The highest BCUT2D eigenvalue weighted by Crippen LogP contribution is 2.30. The number of hydrogen-bond donors (Lipinski definition) is 3.